The van der Waals surface area contributed by atoms with Gasteiger partial charge in [0, 0.05) is 50.5 Å². The summed E-state index contributed by atoms with van der Waals surface area (Å²) in [7, 11) is 7.39. The maximum Gasteiger partial charge on any atom is 0.185 e. The maximum absolute atomic E-state index is 6.00. The van der Waals surface area contributed by atoms with Gasteiger partial charge in [0.15, 0.2) is 5.13 Å². The predicted octanol–water partition coefficient (Wildman–Crippen LogP) is 6.05. The number of benzene rings is 3. The first-order valence-corrected chi connectivity index (χ1v) is 14.4. The molecule has 41 heavy (non-hydrogen) atoms. The number of anilines is 2. The zero-order chi connectivity index (χ0) is 28.9. The van der Waals surface area contributed by atoms with E-state index >= 15 is 0 Å². The minimum Gasteiger partial charge on any atom is -0.497 e. The third kappa shape index (κ3) is 9.38. The first-order chi connectivity index (χ1) is 20.1. The first kappa shape index (κ1) is 30.2. The van der Waals surface area contributed by atoms with E-state index < -0.39 is 0 Å². The molecule has 8 nitrogen and oxygen atoms in total. The highest BCUT2D eigenvalue weighted by Gasteiger charge is 2.15. The van der Waals surface area contributed by atoms with Crippen molar-refractivity contribution in [2.75, 3.05) is 64.5 Å². The van der Waals surface area contributed by atoms with Crippen molar-refractivity contribution in [1.29, 1.82) is 0 Å². The number of hydrogen-bond donors (Lipinski definition) is 0. The van der Waals surface area contributed by atoms with E-state index in [0.29, 0.717) is 46.1 Å². The molecule has 0 saturated heterocycles. The molecule has 0 aliphatic rings. The van der Waals surface area contributed by atoms with Gasteiger partial charge in [-0.05, 0) is 53.1 Å². The average molecular weight is 578 g/mol. The number of nitrogens with zero attached hydrogens (tertiary/aromatic N) is 3. The monoisotopic (exact) mass is 577 g/mol. The summed E-state index contributed by atoms with van der Waals surface area (Å²) in [4.78, 5) is 8.89. The van der Waals surface area contributed by atoms with Gasteiger partial charge >= 0.3 is 0 Å². The lowest BCUT2D eigenvalue weighted by Crippen LogP contribution is -2.23. The minimum atomic E-state index is 0.474. The predicted molar refractivity (Wildman–Crippen MR) is 165 cm³/mol. The van der Waals surface area contributed by atoms with Crippen LogP contribution >= 0.6 is 11.3 Å². The van der Waals surface area contributed by atoms with Gasteiger partial charge in [0.2, 0.25) is 0 Å². The molecule has 0 radical (unpaired) electrons. The van der Waals surface area contributed by atoms with Crippen molar-refractivity contribution in [2.24, 2.45) is 0 Å². The van der Waals surface area contributed by atoms with E-state index in [1.54, 1.807) is 25.6 Å². The van der Waals surface area contributed by atoms with E-state index in [1.165, 1.54) is 0 Å². The van der Waals surface area contributed by atoms with E-state index in [9.17, 15) is 0 Å². The zero-order valence-electron chi connectivity index (χ0n) is 24.2. The Morgan fingerprint density at radius 3 is 2.27 bits per heavy atom. The molecule has 0 amide bonds. The number of hydrogen-bond acceptors (Lipinski definition) is 9. The SMILES string of the molecule is COc1cccc(CN(Cc2cc(OC)ccc2COCCOCCOc2cccc(N(C)C)c2)c2nccs2)c1. The number of ether oxygens (including phenoxy) is 5. The van der Waals surface area contributed by atoms with Crippen molar-refractivity contribution in [3.63, 3.8) is 0 Å². The van der Waals surface area contributed by atoms with Crippen molar-refractivity contribution >= 4 is 22.2 Å². The van der Waals surface area contributed by atoms with E-state index in [0.717, 1.165) is 44.8 Å². The molecular weight excluding hydrogens is 538 g/mol. The van der Waals surface area contributed by atoms with Gasteiger partial charge in [-0.2, -0.15) is 0 Å². The van der Waals surface area contributed by atoms with Crippen LogP contribution in [0.2, 0.25) is 0 Å². The van der Waals surface area contributed by atoms with Crippen LogP contribution in [0.25, 0.3) is 0 Å². The van der Waals surface area contributed by atoms with Gasteiger partial charge in [-0.3, -0.25) is 0 Å². The Hall–Kier alpha value is -3.79. The van der Waals surface area contributed by atoms with Crippen LogP contribution in [0.4, 0.5) is 10.8 Å². The van der Waals surface area contributed by atoms with Gasteiger partial charge in [-0.25, -0.2) is 4.98 Å². The van der Waals surface area contributed by atoms with Crippen molar-refractivity contribution in [3.05, 3.63) is 95.0 Å². The highest BCUT2D eigenvalue weighted by molar-refractivity contribution is 7.13. The van der Waals surface area contributed by atoms with Gasteiger partial charge in [0.05, 0.1) is 40.6 Å². The summed E-state index contributed by atoms with van der Waals surface area (Å²) >= 11 is 1.62. The smallest absolute Gasteiger partial charge is 0.185 e. The summed E-state index contributed by atoms with van der Waals surface area (Å²) < 4.78 is 28.5. The van der Waals surface area contributed by atoms with Crippen LogP contribution in [-0.4, -0.2) is 59.7 Å². The molecule has 0 aliphatic heterocycles. The van der Waals surface area contributed by atoms with Crippen molar-refractivity contribution in [2.45, 2.75) is 19.7 Å². The van der Waals surface area contributed by atoms with Crippen LogP contribution in [0.15, 0.2) is 78.3 Å². The third-order valence-corrected chi connectivity index (χ3v) is 7.26. The van der Waals surface area contributed by atoms with Gasteiger partial charge in [0.25, 0.3) is 0 Å². The number of rotatable bonds is 17. The Balaban J connectivity index is 1.29. The highest BCUT2D eigenvalue weighted by Crippen LogP contribution is 2.27. The average Bonchev–Trinajstić information content (AvgIpc) is 3.54. The quantitative estimate of drug-likeness (QED) is 0.141. The lowest BCUT2D eigenvalue weighted by atomic mass is 10.1. The topological polar surface area (TPSA) is 65.5 Å². The minimum absolute atomic E-state index is 0.474. The molecular formula is C32H39N3O5S. The van der Waals surface area contributed by atoms with Gasteiger partial charge in [-0.15, -0.1) is 11.3 Å². The summed E-state index contributed by atoms with van der Waals surface area (Å²) in [5.74, 6) is 2.48. The standard InChI is InChI=1S/C32H39N3O5S/c1-34(2)28-8-6-10-31(21-28)40-17-16-38-14-15-39-24-26-11-12-30(37-4)20-27(26)23-35(32-33-13-18-41-32)22-25-7-5-9-29(19-25)36-3/h5-13,18-21H,14-17,22-24H2,1-4H3. The second-order valence-corrected chi connectivity index (χ2v) is 10.4. The van der Waals surface area contributed by atoms with Crippen molar-refractivity contribution < 1.29 is 23.7 Å². The molecule has 3 aromatic carbocycles. The van der Waals surface area contributed by atoms with Crippen LogP contribution in [0.3, 0.4) is 0 Å². The van der Waals surface area contributed by atoms with Gasteiger partial charge in [0.1, 0.15) is 23.9 Å². The molecule has 0 fully saturated rings. The fourth-order valence-corrected chi connectivity index (χ4v) is 4.89. The lowest BCUT2D eigenvalue weighted by Gasteiger charge is -2.24. The number of thiazole rings is 1. The normalized spacial score (nSPS) is 10.8. The summed E-state index contributed by atoms with van der Waals surface area (Å²) in [5, 5.41) is 2.95. The third-order valence-electron chi connectivity index (χ3n) is 6.43. The van der Waals surface area contributed by atoms with Gasteiger partial charge < -0.3 is 33.5 Å². The molecule has 0 unspecified atom stereocenters. The Labute approximate surface area is 247 Å². The van der Waals surface area contributed by atoms with Crippen LogP contribution in [0.1, 0.15) is 16.7 Å². The zero-order valence-corrected chi connectivity index (χ0v) is 25.1. The second kappa shape index (κ2) is 15.9. The maximum atomic E-state index is 6.00. The molecule has 0 saturated carbocycles. The highest BCUT2D eigenvalue weighted by atomic mass is 32.1. The molecule has 0 aliphatic carbocycles. The fourth-order valence-electron chi connectivity index (χ4n) is 4.25. The van der Waals surface area contributed by atoms with Gasteiger partial charge in [-0.1, -0.05) is 24.3 Å². The molecule has 0 atom stereocenters. The molecule has 0 bridgehead atoms. The number of aromatic nitrogens is 1. The van der Waals surface area contributed by atoms with E-state index in [2.05, 4.69) is 34.1 Å². The Kier molecular flexibility index (Phi) is 11.7. The largest absolute Gasteiger partial charge is 0.497 e. The second-order valence-electron chi connectivity index (χ2n) is 9.56. The molecule has 0 N–H and O–H groups in total. The van der Waals surface area contributed by atoms with Crippen LogP contribution in [0, 0.1) is 0 Å². The molecule has 0 spiro atoms. The summed E-state index contributed by atoms with van der Waals surface area (Å²) in [6.07, 6.45) is 1.83. The van der Waals surface area contributed by atoms with E-state index in [4.69, 9.17) is 23.7 Å². The number of methoxy groups -OCH3 is 2. The van der Waals surface area contributed by atoms with E-state index in [-0.39, 0.29) is 0 Å². The Bertz CT molecular complexity index is 1330. The summed E-state index contributed by atoms with van der Waals surface area (Å²) in [5.41, 5.74) is 4.47. The van der Waals surface area contributed by atoms with Crippen LogP contribution in [-0.2, 0) is 29.2 Å². The molecule has 4 rings (SSSR count). The molecule has 9 heteroatoms. The Morgan fingerprint density at radius 1 is 0.732 bits per heavy atom. The van der Waals surface area contributed by atoms with Crippen LogP contribution in [0.5, 0.6) is 17.2 Å². The molecule has 218 valence electrons. The molecule has 1 heterocycles. The first-order valence-electron chi connectivity index (χ1n) is 13.5. The van der Waals surface area contributed by atoms with Crippen molar-refractivity contribution in [3.8, 4) is 17.2 Å². The van der Waals surface area contributed by atoms with Crippen molar-refractivity contribution in [1.82, 2.24) is 4.98 Å². The Morgan fingerprint density at radius 2 is 1.49 bits per heavy atom. The summed E-state index contributed by atoms with van der Waals surface area (Å²) in [6.45, 7) is 3.79. The summed E-state index contributed by atoms with van der Waals surface area (Å²) in [6, 6.07) is 22.2. The molecule has 1 aromatic heterocycles. The van der Waals surface area contributed by atoms with Crippen LogP contribution < -0.4 is 24.0 Å². The fraction of sp³-hybridized carbons (Fsp3) is 0.344. The molecule has 4 aromatic rings. The lowest BCUT2D eigenvalue weighted by molar-refractivity contribution is 0.0302. The van der Waals surface area contributed by atoms with E-state index in [1.807, 2.05) is 73.0 Å².